The van der Waals surface area contributed by atoms with Gasteiger partial charge in [0.1, 0.15) is 17.1 Å². The normalized spacial score (nSPS) is 15.5. The molecule has 5 nitrogen and oxygen atoms in total. The Kier molecular flexibility index (Phi) is 6.03. The minimum absolute atomic E-state index is 0.0171. The van der Waals surface area contributed by atoms with Crippen LogP contribution in [0.5, 0.6) is 0 Å². The predicted octanol–water partition coefficient (Wildman–Crippen LogP) is 6.16. The third-order valence-electron chi connectivity index (χ3n) is 4.61. The molecule has 0 bridgehead atoms. The second-order valence-corrected chi connectivity index (χ2v) is 8.86. The van der Waals surface area contributed by atoms with Crippen molar-refractivity contribution in [1.82, 2.24) is 5.32 Å². The molecule has 1 saturated heterocycles. The molecular formula is C22H13BrCl2N2O3S. The highest BCUT2D eigenvalue weighted by Crippen LogP contribution is 2.33. The lowest BCUT2D eigenvalue weighted by molar-refractivity contribution is -0.122. The first-order chi connectivity index (χ1) is 14.7. The molecule has 31 heavy (non-hydrogen) atoms. The standard InChI is InChI=1S/C22H13BrCl2N2O3S/c1-11-8-12(23)2-6-18(11)27-21(29)16(20(28)26-22(27)31)10-14-4-7-19(30-14)15-9-13(24)3-5-17(15)25/h2-10H,1H3,(H,26,28,31)/b16-10+. The molecule has 156 valence electrons. The van der Waals surface area contributed by atoms with Crippen LogP contribution < -0.4 is 10.2 Å². The van der Waals surface area contributed by atoms with E-state index < -0.39 is 11.8 Å². The van der Waals surface area contributed by atoms with Crippen molar-refractivity contribution in [3.63, 3.8) is 0 Å². The number of carbonyl (C=O) groups excluding carboxylic acids is 2. The van der Waals surface area contributed by atoms with Gasteiger partial charge in [0.15, 0.2) is 5.11 Å². The Morgan fingerprint density at radius 3 is 2.61 bits per heavy atom. The minimum Gasteiger partial charge on any atom is -0.457 e. The van der Waals surface area contributed by atoms with Crippen LogP contribution in [0.4, 0.5) is 5.69 Å². The number of rotatable bonds is 3. The fourth-order valence-corrected chi connectivity index (χ4v) is 4.28. The largest absolute Gasteiger partial charge is 0.457 e. The Hall–Kier alpha value is -2.45. The van der Waals surface area contributed by atoms with Crippen LogP contribution >= 0.6 is 51.3 Å². The predicted molar refractivity (Wildman–Crippen MR) is 129 cm³/mol. The highest BCUT2D eigenvalue weighted by Gasteiger charge is 2.35. The van der Waals surface area contributed by atoms with Gasteiger partial charge in [-0.3, -0.25) is 19.8 Å². The van der Waals surface area contributed by atoms with Gasteiger partial charge in [0.05, 0.1) is 10.7 Å². The molecule has 4 rings (SSSR count). The van der Waals surface area contributed by atoms with Gasteiger partial charge in [-0.25, -0.2) is 0 Å². The Balaban J connectivity index is 1.71. The van der Waals surface area contributed by atoms with E-state index >= 15 is 0 Å². The third-order valence-corrected chi connectivity index (χ3v) is 5.95. The molecular weight excluding hydrogens is 523 g/mol. The average molecular weight is 536 g/mol. The number of nitrogens with zero attached hydrogens (tertiary/aromatic N) is 1. The molecule has 1 aliphatic rings. The van der Waals surface area contributed by atoms with E-state index in [4.69, 9.17) is 39.8 Å². The van der Waals surface area contributed by atoms with Gasteiger partial charge in [0.2, 0.25) is 0 Å². The van der Waals surface area contributed by atoms with Crippen LogP contribution in [-0.2, 0) is 9.59 Å². The van der Waals surface area contributed by atoms with Crippen LogP contribution in [0.3, 0.4) is 0 Å². The first-order valence-electron chi connectivity index (χ1n) is 8.97. The summed E-state index contributed by atoms with van der Waals surface area (Å²) in [5, 5.41) is 3.55. The summed E-state index contributed by atoms with van der Waals surface area (Å²) in [7, 11) is 0. The van der Waals surface area contributed by atoms with Gasteiger partial charge in [-0.1, -0.05) is 39.1 Å². The Labute approximate surface area is 201 Å². The molecule has 1 fully saturated rings. The fraction of sp³-hybridized carbons (Fsp3) is 0.0455. The van der Waals surface area contributed by atoms with Crippen LogP contribution in [0.25, 0.3) is 17.4 Å². The van der Waals surface area contributed by atoms with E-state index in [1.165, 1.54) is 11.0 Å². The second-order valence-electron chi connectivity index (χ2n) is 6.71. The highest BCUT2D eigenvalue weighted by atomic mass is 79.9. The van der Waals surface area contributed by atoms with Crippen molar-refractivity contribution in [2.24, 2.45) is 0 Å². The van der Waals surface area contributed by atoms with Crippen LogP contribution in [0.2, 0.25) is 10.0 Å². The number of nitrogens with one attached hydrogen (secondary N) is 1. The number of hydrogen-bond donors (Lipinski definition) is 1. The van der Waals surface area contributed by atoms with Gasteiger partial charge in [-0.05, 0) is 79.3 Å². The zero-order valence-electron chi connectivity index (χ0n) is 15.9. The summed E-state index contributed by atoms with van der Waals surface area (Å²) in [5.41, 5.74) is 1.90. The van der Waals surface area contributed by atoms with E-state index in [0.717, 1.165) is 10.0 Å². The summed E-state index contributed by atoms with van der Waals surface area (Å²) in [6.07, 6.45) is 1.38. The monoisotopic (exact) mass is 534 g/mol. The number of halogens is 3. The number of anilines is 1. The maximum atomic E-state index is 13.2. The van der Waals surface area contributed by atoms with Gasteiger partial charge in [0.25, 0.3) is 11.8 Å². The van der Waals surface area contributed by atoms with Crippen LogP contribution in [0, 0.1) is 6.92 Å². The summed E-state index contributed by atoms with van der Waals surface area (Å²) in [5.74, 6) is -0.373. The molecule has 0 radical (unpaired) electrons. The van der Waals surface area contributed by atoms with Crippen molar-refractivity contribution < 1.29 is 14.0 Å². The average Bonchev–Trinajstić information content (AvgIpc) is 3.17. The zero-order chi connectivity index (χ0) is 22.3. The molecule has 9 heteroatoms. The third kappa shape index (κ3) is 4.32. The van der Waals surface area contributed by atoms with E-state index in [1.54, 1.807) is 42.5 Å². The molecule has 0 spiro atoms. The summed E-state index contributed by atoms with van der Waals surface area (Å²) < 4.78 is 6.67. The van der Waals surface area contributed by atoms with Crippen molar-refractivity contribution >= 4 is 80.0 Å². The van der Waals surface area contributed by atoms with Gasteiger partial charge >= 0.3 is 0 Å². The molecule has 2 heterocycles. The van der Waals surface area contributed by atoms with Crippen molar-refractivity contribution in [2.45, 2.75) is 6.92 Å². The molecule has 0 atom stereocenters. The van der Waals surface area contributed by atoms with Gasteiger partial charge < -0.3 is 4.42 Å². The molecule has 1 aliphatic heterocycles. The number of thiocarbonyl (C=S) groups is 1. The lowest BCUT2D eigenvalue weighted by atomic mass is 10.1. The molecule has 1 N–H and O–H groups in total. The van der Waals surface area contributed by atoms with Gasteiger partial charge in [-0.2, -0.15) is 0 Å². The lowest BCUT2D eigenvalue weighted by Gasteiger charge is -2.29. The van der Waals surface area contributed by atoms with Crippen LogP contribution in [-0.4, -0.2) is 16.9 Å². The number of benzene rings is 2. The Morgan fingerprint density at radius 2 is 1.87 bits per heavy atom. The number of carbonyl (C=O) groups is 2. The van der Waals surface area contributed by atoms with Crippen molar-refractivity contribution in [3.8, 4) is 11.3 Å². The van der Waals surface area contributed by atoms with Crippen LogP contribution in [0.15, 0.2) is 63.0 Å². The number of furan rings is 1. The fourth-order valence-electron chi connectivity index (χ4n) is 3.15. The van der Waals surface area contributed by atoms with E-state index in [-0.39, 0.29) is 10.7 Å². The number of hydrogen-bond acceptors (Lipinski definition) is 4. The molecule has 0 aliphatic carbocycles. The molecule has 2 amide bonds. The minimum atomic E-state index is -0.597. The first-order valence-corrected chi connectivity index (χ1v) is 10.9. The topological polar surface area (TPSA) is 62.6 Å². The van der Waals surface area contributed by atoms with E-state index in [1.807, 2.05) is 13.0 Å². The first kappa shape index (κ1) is 21.8. The van der Waals surface area contributed by atoms with Crippen LogP contribution in [0.1, 0.15) is 11.3 Å². The van der Waals surface area contributed by atoms with Crippen molar-refractivity contribution in [3.05, 3.63) is 79.9 Å². The Bertz CT molecular complexity index is 1290. The molecule has 0 saturated carbocycles. The lowest BCUT2D eigenvalue weighted by Crippen LogP contribution is -2.54. The van der Waals surface area contributed by atoms with Gasteiger partial charge in [0, 0.05) is 15.1 Å². The van der Waals surface area contributed by atoms with Crippen molar-refractivity contribution in [1.29, 1.82) is 0 Å². The second kappa shape index (κ2) is 8.59. The van der Waals surface area contributed by atoms with E-state index in [0.29, 0.717) is 32.8 Å². The highest BCUT2D eigenvalue weighted by molar-refractivity contribution is 9.10. The smallest absolute Gasteiger partial charge is 0.270 e. The quantitative estimate of drug-likeness (QED) is 0.248. The zero-order valence-corrected chi connectivity index (χ0v) is 19.8. The Morgan fingerprint density at radius 1 is 1.10 bits per heavy atom. The SMILES string of the molecule is Cc1cc(Br)ccc1N1C(=O)/C(=C/c2ccc(-c3cc(Cl)ccc3Cl)o2)C(=O)NC1=S. The number of aryl methyl sites for hydroxylation is 1. The van der Waals surface area contributed by atoms with Crippen molar-refractivity contribution in [2.75, 3.05) is 4.90 Å². The molecule has 3 aromatic rings. The van der Waals surface area contributed by atoms with Gasteiger partial charge in [-0.15, -0.1) is 0 Å². The molecule has 0 unspecified atom stereocenters. The maximum Gasteiger partial charge on any atom is 0.270 e. The van der Waals surface area contributed by atoms with E-state index in [2.05, 4.69) is 21.2 Å². The summed E-state index contributed by atoms with van der Waals surface area (Å²) in [6, 6.07) is 13.8. The summed E-state index contributed by atoms with van der Waals surface area (Å²) in [6.45, 7) is 1.85. The van der Waals surface area contributed by atoms with E-state index in [9.17, 15) is 9.59 Å². The maximum absolute atomic E-state index is 13.2. The number of amides is 2. The molecule has 1 aromatic heterocycles. The summed E-state index contributed by atoms with van der Waals surface area (Å²) >= 11 is 20.9. The molecule has 2 aromatic carbocycles. The summed E-state index contributed by atoms with van der Waals surface area (Å²) in [4.78, 5) is 27.0.